The number of hydrogen-bond acceptors (Lipinski definition) is 9. The number of carbonyl (C=O) groups excluding carboxylic acids is 3. The minimum atomic E-state index is -4.69. The smallest absolute Gasteiger partial charge is 0.416 e. The van der Waals surface area contributed by atoms with Crippen molar-refractivity contribution in [1.29, 1.82) is 0 Å². The lowest BCUT2D eigenvalue weighted by Crippen LogP contribution is -2.50. The summed E-state index contributed by atoms with van der Waals surface area (Å²) in [6, 6.07) is 13.6. The van der Waals surface area contributed by atoms with Crippen LogP contribution in [-0.2, 0) is 46.7 Å². The normalized spacial score (nSPS) is 19.3. The Hall–Kier alpha value is -5.60. The highest BCUT2D eigenvalue weighted by Crippen LogP contribution is 2.46. The van der Waals surface area contributed by atoms with Gasteiger partial charge in [-0.05, 0) is 74.6 Å². The van der Waals surface area contributed by atoms with Gasteiger partial charge < -0.3 is 28.7 Å². The molecule has 0 spiro atoms. The predicted molar refractivity (Wildman–Crippen MR) is 200 cm³/mol. The summed E-state index contributed by atoms with van der Waals surface area (Å²) >= 11 is 0. The third-order valence-corrected chi connectivity index (χ3v) is 11.2. The molecule has 3 atom stereocenters. The van der Waals surface area contributed by atoms with Crippen molar-refractivity contribution in [2.24, 2.45) is 11.8 Å². The summed E-state index contributed by atoms with van der Waals surface area (Å²) in [4.78, 5) is 45.7. The second-order valence-electron chi connectivity index (χ2n) is 15.0. The molecule has 0 unspecified atom stereocenters. The first-order chi connectivity index (χ1) is 27.4. The molecule has 302 valence electrons. The first-order valence-electron chi connectivity index (χ1n) is 19.2. The van der Waals surface area contributed by atoms with Crippen molar-refractivity contribution in [3.63, 3.8) is 0 Å². The van der Waals surface area contributed by atoms with E-state index in [1.165, 1.54) is 20.3 Å². The van der Waals surface area contributed by atoms with Gasteiger partial charge in [-0.15, -0.1) is 5.10 Å². The van der Waals surface area contributed by atoms with Gasteiger partial charge in [0.05, 0.1) is 43.9 Å². The second-order valence-corrected chi connectivity index (χ2v) is 15.0. The van der Waals surface area contributed by atoms with Crippen molar-refractivity contribution >= 4 is 17.8 Å². The largest absolute Gasteiger partial charge is 0.497 e. The zero-order valence-corrected chi connectivity index (χ0v) is 32.4. The molecule has 3 aliphatic rings. The third-order valence-electron chi connectivity index (χ3n) is 11.2. The SMILES string of the molecule is COc1ccc(COC(=O)[C@H]2CCCC[C@H]2C(=O)N2CCc3c(C(F)(F)F)ccc(OCc4cn(C(C)C)nn4)c3[C@H]2CN2Cc3ccccc3C2=O)c(OC)c1. The van der Waals surface area contributed by atoms with Crippen molar-refractivity contribution in [3.05, 3.63) is 99.9 Å². The van der Waals surface area contributed by atoms with Gasteiger partial charge in [0.2, 0.25) is 5.91 Å². The summed E-state index contributed by atoms with van der Waals surface area (Å²) in [6.07, 6.45) is -0.896. The van der Waals surface area contributed by atoms with Crippen LogP contribution >= 0.6 is 0 Å². The van der Waals surface area contributed by atoms with E-state index in [0.717, 1.165) is 11.6 Å². The number of fused-ring (bicyclic) bond motifs is 2. The number of alkyl halides is 3. The number of esters is 1. The lowest BCUT2D eigenvalue weighted by atomic mass is 9.77. The molecule has 2 amide bonds. The van der Waals surface area contributed by atoms with Gasteiger partial charge >= 0.3 is 12.1 Å². The lowest BCUT2D eigenvalue weighted by molar-refractivity contribution is -0.159. The fourth-order valence-corrected chi connectivity index (χ4v) is 8.27. The number of amides is 2. The Kier molecular flexibility index (Phi) is 11.5. The average Bonchev–Trinajstić information content (AvgIpc) is 3.82. The minimum Gasteiger partial charge on any atom is -0.497 e. The van der Waals surface area contributed by atoms with E-state index < -0.39 is 35.6 Å². The summed E-state index contributed by atoms with van der Waals surface area (Å²) in [5.74, 6) is -1.56. The van der Waals surface area contributed by atoms with Crippen LogP contribution in [0.2, 0.25) is 0 Å². The van der Waals surface area contributed by atoms with Crippen LogP contribution in [0, 0.1) is 11.8 Å². The standard InChI is InChI=1S/C42H46F3N5O7/c1-25(2)50-21-28(46-47-50)24-56-36-16-15-34(42(43,44)45)33-17-18-49(35(38(33)36)22-48-20-26-9-5-6-10-30(26)39(48)51)40(52)31-11-7-8-12-32(31)41(53)57-23-27-13-14-29(54-3)19-37(27)55-4/h5-6,9-10,13-16,19,21,25,31-32,35H,7-8,11-12,17-18,20,22-24H2,1-4H3/t31-,32+,35-/m1/s1. The third kappa shape index (κ3) is 8.14. The highest BCUT2D eigenvalue weighted by Gasteiger charge is 2.46. The highest BCUT2D eigenvalue weighted by molar-refractivity contribution is 5.98. The van der Waals surface area contributed by atoms with Crippen LogP contribution in [-0.4, -0.2) is 69.9 Å². The molecule has 4 aromatic rings. The van der Waals surface area contributed by atoms with E-state index in [-0.39, 0.29) is 74.0 Å². The molecular weight excluding hydrogens is 743 g/mol. The van der Waals surface area contributed by atoms with Crippen LogP contribution in [0.4, 0.5) is 13.2 Å². The Morgan fingerprint density at radius 1 is 0.947 bits per heavy atom. The van der Waals surface area contributed by atoms with E-state index in [1.54, 1.807) is 51.0 Å². The monoisotopic (exact) mass is 789 g/mol. The van der Waals surface area contributed by atoms with Crippen LogP contribution in [0.3, 0.4) is 0 Å². The number of rotatable bonds is 12. The molecule has 0 bridgehead atoms. The molecule has 0 N–H and O–H groups in total. The number of halogens is 3. The predicted octanol–water partition coefficient (Wildman–Crippen LogP) is 7.11. The van der Waals surface area contributed by atoms with Gasteiger partial charge in [0.25, 0.3) is 5.91 Å². The van der Waals surface area contributed by atoms with Gasteiger partial charge in [0.1, 0.15) is 36.2 Å². The first kappa shape index (κ1) is 39.6. The number of aromatic nitrogens is 3. The molecular formula is C42H46F3N5O7. The maximum absolute atomic E-state index is 14.9. The quantitative estimate of drug-likeness (QED) is 0.138. The Bertz CT molecular complexity index is 2140. The van der Waals surface area contributed by atoms with Gasteiger partial charge in [0.15, 0.2) is 0 Å². The average molecular weight is 790 g/mol. The number of methoxy groups -OCH3 is 2. The molecule has 2 aliphatic heterocycles. The summed E-state index contributed by atoms with van der Waals surface area (Å²) < 4.78 is 68.6. The number of ether oxygens (including phenoxy) is 4. The Morgan fingerprint density at radius 3 is 2.42 bits per heavy atom. The molecule has 1 saturated carbocycles. The second kappa shape index (κ2) is 16.5. The lowest BCUT2D eigenvalue weighted by Gasteiger charge is -2.43. The molecule has 1 fully saturated rings. The maximum atomic E-state index is 14.9. The highest BCUT2D eigenvalue weighted by atomic mass is 19.4. The molecule has 1 aromatic heterocycles. The minimum absolute atomic E-state index is 0.0112. The van der Waals surface area contributed by atoms with Crippen molar-refractivity contribution in [2.45, 2.75) is 84.0 Å². The van der Waals surface area contributed by atoms with Crippen LogP contribution in [0.1, 0.15) is 95.5 Å². The molecule has 3 aromatic carbocycles. The molecule has 1 aliphatic carbocycles. The van der Waals surface area contributed by atoms with E-state index in [4.69, 9.17) is 18.9 Å². The van der Waals surface area contributed by atoms with Crippen molar-refractivity contribution in [3.8, 4) is 17.2 Å². The van der Waals surface area contributed by atoms with E-state index in [0.29, 0.717) is 54.0 Å². The molecule has 57 heavy (non-hydrogen) atoms. The van der Waals surface area contributed by atoms with E-state index in [1.807, 2.05) is 26.0 Å². The topological polar surface area (TPSA) is 125 Å². The zero-order valence-electron chi connectivity index (χ0n) is 32.4. The number of nitrogens with zero attached hydrogens (tertiary/aromatic N) is 5. The molecule has 3 heterocycles. The van der Waals surface area contributed by atoms with Gasteiger partial charge in [-0.3, -0.25) is 14.4 Å². The van der Waals surface area contributed by atoms with Crippen LogP contribution < -0.4 is 14.2 Å². The van der Waals surface area contributed by atoms with Crippen molar-refractivity contribution in [1.82, 2.24) is 24.8 Å². The summed E-state index contributed by atoms with van der Waals surface area (Å²) in [5.41, 5.74) is 1.75. The summed E-state index contributed by atoms with van der Waals surface area (Å²) in [5, 5.41) is 8.29. The van der Waals surface area contributed by atoms with Gasteiger partial charge in [-0.1, -0.05) is 36.3 Å². The fourth-order valence-electron chi connectivity index (χ4n) is 8.27. The summed E-state index contributed by atoms with van der Waals surface area (Å²) in [6.45, 7) is 3.78. The van der Waals surface area contributed by atoms with Crippen molar-refractivity contribution < 1.29 is 46.5 Å². The molecule has 0 radical (unpaired) electrons. The molecule has 7 rings (SSSR count). The fraction of sp³-hybridized carbons (Fsp3) is 0.452. The van der Waals surface area contributed by atoms with Crippen LogP contribution in [0.25, 0.3) is 0 Å². The Labute approximate surface area is 328 Å². The van der Waals surface area contributed by atoms with Crippen molar-refractivity contribution in [2.75, 3.05) is 27.3 Å². The van der Waals surface area contributed by atoms with Gasteiger partial charge in [-0.2, -0.15) is 13.2 Å². The molecule has 15 heteroatoms. The van der Waals surface area contributed by atoms with E-state index in [2.05, 4.69) is 10.3 Å². The molecule has 12 nitrogen and oxygen atoms in total. The van der Waals surface area contributed by atoms with Crippen LogP contribution in [0.5, 0.6) is 17.2 Å². The number of benzene rings is 3. The van der Waals surface area contributed by atoms with Crippen LogP contribution in [0.15, 0.2) is 60.8 Å². The zero-order chi connectivity index (χ0) is 40.4. The summed E-state index contributed by atoms with van der Waals surface area (Å²) in [7, 11) is 3.04. The van der Waals surface area contributed by atoms with E-state index in [9.17, 15) is 27.6 Å². The maximum Gasteiger partial charge on any atom is 0.416 e. The number of carbonyl (C=O) groups is 3. The Balaban J connectivity index is 1.23. The number of hydrogen-bond donors (Lipinski definition) is 0. The first-order valence-corrected chi connectivity index (χ1v) is 19.2. The van der Waals surface area contributed by atoms with Gasteiger partial charge in [0, 0.05) is 48.4 Å². The van der Waals surface area contributed by atoms with E-state index >= 15 is 0 Å². The van der Waals surface area contributed by atoms with Gasteiger partial charge in [-0.25, -0.2) is 4.68 Å². The Morgan fingerprint density at radius 2 is 1.72 bits per heavy atom. The molecule has 0 saturated heterocycles.